The van der Waals surface area contributed by atoms with E-state index >= 15 is 0 Å². The third-order valence-corrected chi connectivity index (χ3v) is 3.89. The Balaban J connectivity index is 1.59. The summed E-state index contributed by atoms with van der Waals surface area (Å²) in [5.41, 5.74) is 0. The number of amides is 2. The average Bonchev–Trinajstić information content (AvgIpc) is 3.06. The molecule has 0 aromatic carbocycles. The summed E-state index contributed by atoms with van der Waals surface area (Å²) < 4.78 is 0. The Labute approximate surface area is 117 Å². The second kappa shape index (κ2) is 4.88. The number of likely N-dealkylation sites (tertiary alicyclic amines) is 1. The fraction of sp³-hybridized carbons (Fsp3) is 0.692. The Morgan fingerprint density at radius 3 is 2.85 bits per heavy atom. The molecule has 1 aromatic rings. The van der Waals surface area contributed by atoms with Crippen molar-refractivity contribution in [2.45, 2.75) is 38.8 Å². The second-order valence-electron chi connectivity index (χ2n) is 5.71. The Morgan fingerprint density at radius 2 is 2.25 bits per heavy atom. The van der Waals surface area contributed by atoms with Crippen LogP contribution in [0.15, 0.2) is 0 Å². The predicted molar refractivity (Wildman–Crippen MR) is 70.4 cm³/mol. The number of aromatic nitrogens is 3. The van der Waals surface area contributed by atoms with Crippen molar-refractivity contribution in [3.05, 3.63) is 11.6 Å². The van der Waals surface area contributed by atoms with Gasteiger partial charge < -0.3 is 9.80 Å². The number of nitrogens with one attached hydrogen (secondary N) is 1. The van der Waals surface area contributed by atoms with Crippen molar-refractivity contribution >= 4 is 11.8 Å². The van der Waals surface area contributed by atoms with Gasteiger partial charge in [0.25, 0.3) is 0 Å². The van der Waals surface area contributed by atoms with Crippen molar-refractivity contribution in [3.63, 3.8) is 0 Å². The number of nitrogens with zero attached hydrogens (tertiary/aromatic N) is 4. The van der Waals surface area contributed by atoms with Gasteiger partial charge in [0.1, 0.15) is 5.82 Å². The number of aryl methyl sites for hydroxylation is 1. The van der Waals surface area contributed by atoms with Gasteiger partial charge in [-0.2, -0.15) is 5.10 Å². The van der Waals surface area contributed by atoms with Crippen molar-refractivity contribution in [2.24, 2.45) is 5.92 Å². The van der Waals surface area contributed by atoms with Crippen LogP contribution in [-0.4, -0.2) is 56.4 Å². The third kappa shape index (κ3) is 2.52. The molecule has 108 valence electrons. The summed E-state index contributed by atoms with van der Waals surface area (Å²) in [6, 6.07) is 0.390. The molecule has 1 aliphatic heterocycles. The average molecular weight is 277 g/mol. The molecule has 1 saturated carbocycles. The Hall–Kier alpha value is -1.92. The highest BCUT2D eigenvalue weighted by Crippen LogP contribution is 2.33. The van der Waals surface area contributed by atoms with E-state index in [9.17, 15) is 9.59 Å². The molecule has 1 atom stereocenters. The second-order valence-corrected chi connectivity index (χ2v) is 5.71. The van der Waals surface area contributed by atoms with E-state index in [0.717, 1.165) is 18.7 Å². The summed E-state index contributed by atoms with van der Waals surface area (Å²) >= 11 is 0. The van der Waals surface area contributed by atoms with Gasteiger partial charge in [0, 0.05) is 26.1 Å². The number of hydrogen-bond donors (Lipinski definition) is 1. The molecule has 1 saturated heterocycles. The van der Waals surface area contributed by atoms with Crippen LogP contribution in [0.1, 0.15) is 30.9 Å². The molecular formula is C13H19N5O2. The minimum Gasteiger partial charge on any atom is -0.339 e. The maximum absolute atomic E-state index is 12.4. The fourth-order valence-corrected chi connectivity index (χ4v) is 2.70. The lowest BCUT2D eigenvalue weighted by atomic mass is 10.1. The van der Waals surface area contributed by atoms with E-state index in [4.69, 9.17) is 0 Å². The van der Waals surface area contributed by atoms with E-state index in [2.05, 4.69) is 15.2 Å². The first kappa shape index (κ1) is 13.1. The molecule has 1 aromatic heterocycles. The molecule has 1 N–H and O–H groups in total. The number of aromatic amines is 1. The van der Waals surface area contributed by atoms with E-state index in [1.807, 2.05) is 11.8 Å². The zero-order valence-corrected chi connectivity index (χ0v) is 11.8. The molecule has 1 unspecified atom stereocenters. The van der Waals surface area contributed by atoms with Gasteiger partial charge in [-0.1, -0.05) is 0 Å². The normalized spacial score (nSPS) is 22.4. The number of hydrogen-bond acceptors (Lipinski definition) is 4. The summed E-state index contributed by atoms with van der Waals surface area (Å²) in [5, 5.41) is 6.78. The van der Waals surface area contributed by atoms with E-state index in [0.29, 0.717) is 31.4 Å². The van der Waals surface area contributed by atoms with Crippen molar-refractivity contribution < 1.29 is 9.59 Å². The van der Waals surface area contributed by atoms with Gasteiger partial charge in [0.05, 0.1) is 12.5 Å². The fourth-order valence-electron chi connectivity index (χ4n) is 2.70. The highest BCUT2D eigenvalue weighted by molar-refractivity contribution is 5.89. The first-order chi connectivity index (χ1) is 9.54. The van der Waals surface area contributed by atoms with Crippen LogP contribution in [0.2, 0.25) is 0 Å². The summed E-state index contributed by atoms with van der Waals surface area (Å²) in [5.74, 6) is 1.24. The standard InChI is InChI=1S/C13H19N5O2/c1-8-14-11(16-15-8)7-17(2)13(20)9-5-12(19)18(6-9)10-3-4-10/h9-10H,3-7H2,1-2H3,(H,14,15,16). The Bertz CT molecular complexity index is 537. The minimum absolute atomic E-state index is 0.00366. The van der Waals surface area contributed by atoms with Crippen LogP contribution in [0.4, 0.5) is 0 Å². The van der Waals surface area contributed by atoms with Crippen LogP contribution in [0.5, 0.6) is 0 Å². The zero-order chi connectivity index (χ0) is 14.3. The lowest BCUT2D eigenvalue weighted by Crippen LogP contribution is -2.35. The maximum Gasteiger partial charge on any atom is 0.228 e. The Kier molecular flexibility index (Phi) is 3.19. The molecule has 3 rings (SSSR count). The summed E-state index contributed by atoms with van der Waals surface area (Å²) in [7, 11) is 1.73. The summed E-state index contributed by atoms with van der Waals surface area (Å²) in [6.07, 6.45) is 2.50. The minimum atomic E-state index is -0.215. The number of H-pyrrole nitrogens is 1. The van der Waals surface area contributed by atoms with Gasteiger partial charge in [-0.05, 0) is 19.8 Å². The van der Waals surface area contributed by atoms with Crippen LogP contribution < -0.4 is 0 Å². The zero-order valence-electron chi connectivity index (χ0n) is 11.8. The molecule has 2 aliphatic rings. The molecule has 7 nitrogen and oxygen atoms in total. The van der Waals surface area contributed by atoms with Gasteiger partial charge in [-0.25, -0.2) is 4.98 Å². The number of carbonyl (C=O) groups excluding carboxylic acids is 2. The van der Waals surface area contributed by atoms with Gasteiger partial charge in [-0.3, -0.25) is 14.7 Å². The van der Waals surface area contributed by atoms with Crippen molar-refractivity contribution in [1.29, 1.82) is 0 Å². The highest BCUT2D eigenvalue weighted by atomic mass is 16.2. The molecule has 0 radical (unpaired) electrons. The molecule has 0 bridgehead atoms. The Morgan fingerprint density at radius 1 is 1.50 bits per heavy atom. The largest absolute Gasteiger partial charge is 0.339 e. The van der Waals surface area contributed by atoms with Crippen molar-refractivity contribution in [2.75, 3.05) is 13.6 Å². The van der Waals surface area contributed by atoms with Gasteiger partial charge in [-0.15, -0.1) is 0 Å². The molecule has 1 aliphatic carbocycles. The summed E-state index contributed by atoms with van der Waals surface area (Å²) in [6.45, 7) is 2.76. The number of carbonyl (C=O) groups is 2. The third-order valence-electron chi connectivity index (χ3n) is 3.89. The SMILES string of the molecule is Cc1nc(CN(C)C(=O)C2CC(=O)N(C3CC3)C2)n[nH]1. The maximum atomic E-state index is 12.4. The van der Waals surface area contributed by atoms with Crippen LogP contribution in [-0.2, 0) is 16.1 Å². The van der Waals surface area contributed by atoms with Crippen molar-refractivity contribution in [1.82, 2.24) is 25.0 Å². The van der Waals surface area contributed by atoms with E-state index in [-0.39, 0.29) is 17.7 Å². The van der Waals surface area contributed by atoms with Crippen LogP contribution in [0, 0.1) is 12.8 Å². The lowest BCUT2D eigenvalue weighted by Gasteiger charge is -2.20. The van der Waals surface area contributed by atoms with E-state index in [1.165, 1.54) is 0 Å². The van der Waals surface area contributed by atoms with Gasteiger partial charge in [0.2, 0.25) is 11.8 Å². The molecule has 7 heteroatoms. The smallest absolute Gasteiger partial charge is 0.228 e. The lowest BCUT2D eigenvalue weighted by molar-refractivity contribution is -0.135. The number of rotatable bonds is 4. The molecule has 0 spiro atoms. The molecule has 2 fully saturated rings. The van der Waals surface area contributed by atoms with Crippen molar-refractivity contribution in [3.8, 4) is 0 Å². The molecule has 2 heterocycles. The van der Waals surface area contributed by atoms with Crippen LogP contribution in [0.25, 0.3) is 0 Å². The van der Waals surface area contributed by atoms with Crippen LogP contribution >= 0.6 is 0 Å². The monoisotopic (exact) mass is 277 g/mol. The highest BCUT2D eigenvalue weighted by Gasteiger charge is 2.42. The molecule has 2 amide bonds. The van der Waals surface area contributed by atoms with E-state index in [1.54, 1.807) is 11.9 Å². The predicted octanol–water partition coefficient (Wildman–Crippen LogP) is 0.0824. The van der Waals surface area contributed by atoms with Gasteiger partial charge in [0.15, 0.2) is 5.82 Å². The quantitative estimate of drug-likeness (QED) is 0.845. The summed E-state index contributed by atoms with van der Waals surface area (Å²) in [4.78, 5) is 31.9. The first-order valence-electron chi connectivity index (χ1n) is 6.97. The topological polar surface area (TPSA) is 82.2 Å². The van der Waals surface area contributed by atoms with E-state index < -0.39 is 0 Å². The molecular weight excluding hydrogens is 258 g/mol. The first-order valence-corrected chi connectivity index (χ1v) is 6.97. The van der Waals surface area contributed by atoms with Gasteiger partial charge >= 0.3 is 0 Å². The van der Waals surface area contributed by atoms with Crippen LogP contribution in [0.3, 0.4) is 0 Å². The molecule has 20 heavy (non-hydrogen) atoms.